The van der Waals surface area contributed by atoms with Crippen molar-refractivity contribution in [1.29, 1.82) is 0 Å². The highest BCUT2D eigenvalue weighted by atomic mass is 16.1. The molecule has 2 heteroatoms. The van der Waals surface area contributed by atoms with Crippen molar-refractivity contribution < 1.29 is 4.79 Å². The smallest absolute Gasteiger partial charge is 0.232 e. The monoisotopic (exact) mass is 435 g/mol. The lowest BCUT2D eigenvalue weighted by molar-refractivity contribution is -0.122. The van der Waals surface area contributed by atoms with Crippen LogP contribution in [0.4, 0.5) is 0 Å². The molecule has 0 fully saturated rings. The number of primary amides is 1. The summed E-state index contributed by atoms with van der Waals surface area (Å²) in [6, 6.07) is 20.2. The van der Waals surface area contributed by atoms with Gasteiger partial charge in [-0.3, -0.25) is 4.79 Å². The Kier molecular flexibility index (Phi) is 12.8. The zero-order valence-electron chi connectivity index (χ0n) is 20.4. The lowest BCUT2D eigenvalue weighted by Gasteiger charge is -2.32. The summed E-state index contributed by atoms with van der Waals surface area (Å²) in [5.74, 6) is -0.246. The first-order valence-corrected chi connectivity index (χ1v) is 13.1. The fourth-order valence-corrected chi connectivity index (χ4v) is 4.89. The topological polar surface area (TPSA) is 43.1 Å². The third-order valence-corrected chi connectivity index (χ3v) is 6.86. The van der Waals surface area contributed by atoms with Gasteiger partial charge in [-0.05, 0) is 17.5 Å². The van der Waals surface area contributed by atoms with Gasteiger partial charge in [-0.2, -0.15) is 0 Å². The quantitative estimate of drug-likeness (QED) is 0.235. The van der Waals surface area contributed by atoms with E-state index in [1.165, 1.54) is 77.0 Å². The summed E-state index contributed by atoms with van der Waals surface area (Å²) in [4.78, 5) is 12.8. The number of benzene rings is 2. The van der Waals surface area contributed by atoms with Crippen molar-refractivity contribution in [2.75, 3.05) is 0 Å². The third-order valence-electron chi connectivity index (χ3n) is 6.86. The molecule has 0 unspecified atom stereocenters. The molecule has 0 saturated heterocycles. The summed E-state index contributed by atoms with van der Waals surface area (Å²) < 4.78 is 0. The van der Waals surface area contributed by atoms with E-state index in [4.69, 9.17) is 5.73 Å². The van der Waals surface area contributed by atoms with Crippen LogP contribution in [0, 0.1) is 0 Å². The van der Waals surface area contributed by atoms with Gasteiger partial charge in [0.25, 0.3) is 0 Å². The molecule has 1 amide bonds. The molecule has 2 N–H and O–H groups in total. The van der Waals surface area contributed by atoms with Crippen LogP contribution in [0.1, 0.15) is 114 Å². The van der Waals surface area contributed by atoms with Gasteiger partial charge in [-0.25, -0.2) is 0 Å². The third kappa shape index (κ3) is 8.45. The summed E-state index contributed by atoms with van der Waals surface area (Å²) in [5.41, 5.74) is 7.33. The minimum atomic E-state index is -0.736. The maximum absolute atomic E-state index is 12.8. The largest absolute Gasteiger partial charge is 0.369 e. The Bertz CT molecular complexity index is 686. The predicted molar refractivity (Wildman–Crippen MR) is 138 cm³/mol. The number of unbranched alkanes of at least 4 members (excludes halogenated alkanes) is 13. The van der Waals surface area contributed by atoms with Crippen LogP contribution in [0.2, 0.25) is 0 Å². The van der Waals surface area contributed by atoms with Crippen LogP contribution in [0.5, 0.6) is 0 Å². The lowest BCUT2D eigenvalue weighted by Crippen LogP contribution is -2.42. The van der Waals surface area contributed by atoms with E-state index < -0.39 is 5.41 Å². The van der Waals surface area contributed by atoms with Crippen LogP contribution in [-0.2, 0) is 10.2 Å². The second kappa shape index (κ2) is 15.7. The minimum Gasteiger partial charge on any atom is -0.369 e. The van der Waals surface area contributed by atoms with Crippen LogP contribution in [0.25, 0.3) is 0 Å². The van der Waals surface area contributed by atoms with Crippen molar-refractivity contribution >= 4 is 5.91 Å². The Labute approximate surface area is 197 Å². The van der Waals surface area contributed by atoms with Crippen LogP contribution < -0.4 is 5.73 Å². The first-order valence-electron chi connectivity index (χ1n) is 13.1. The number of amides is 1. The van der Waals surface area contributed by atoms with Crippen molar-refractivity contribution in [2.24, 2.45) is 5.73 Å². The van der Waals surface area contributed by atoms with Gasteiger partial charge in [0.15, 0.2) is 0 Å². The average Bonchev–Trinajstić information content (AvgIpc) is 2.83. The van der Waals surface area contributed by atoms with Crippen LogP contribution in [0.15, 0.2) is 60.7 Å². The van der Waals surface area contributed by atoms with Crippen molar-refractivity contribution in [3.05, 3.63) is 71.8 Å². The van der Waals surface area contributed by atoms with Gasteiger partial charge < -0.3 is 5.73 Å². The highest BCUT2D eigenvalue weighted by molar-refractivity contribution is 5.90. The highest BCUT2D eigenvalue weighted by Gasteiger charge is 2.39. The van der Waals surface area contributed by atoms with Crippen LogP contribution >= 0.6 is 0 Å². The van der Waals surface area contributed by atoms with E-state index >= 15 is 0 Å². The number of rotatable bonds is 18. The molecule has 0 radical (unpaired) electrons. The van der Waals surface area contributed by atoms with Gasteiger partial charge in [0, 0.05) is 0 Å². The molecule has 176 valence electrons. The first-order chi connectivity index (χ1) is 15.7. The first kappa shape index (κ1) is 26.2. The van der Waals surface area contributed by atoms with Gasteiger partial charge in [0.1, 0.15) is 0 Å². The molecule has 2 rings (SSSR count). The van der Waals surface area contributed by atoms with Gasteiger partial charge >= 0.3 is 0 Å². The number of hydrogen-bond donors (Lipinski definition) is 1. The molecular formula is C30H45NO. The summed E-state index contributed by atoms with van der Waals surface area (Å²) in [7, 11) is 0. The highest BCUT2D eigenvalue weighted by Crippen LogP contribution is 2.37. The lowest BCUT2D eigenvalue weighted by atomic mass is 9.70. The van der Waals surface area contributed by atoms with E-state index in [9.17, 15) is 4.79 Å². The van der Waals surface area contributed by atoms with Crippen molar-refractivity contribution in [2.45, 2.75) is 109 Å². The van der Waals surface area contributed by atoms with E-state index in [1.807, 2.05) is 60.7 Å². The van der Waals surface area contributed by atoms with Gasteiger partial charge in [-0.15, -0.1) is 0 Å². The predicted octanol–water partition coefficient (Wildman–Crippen LogP) is 8.33. The molecule has 2 aromatic rings. The molecule has 2 nitrogen and oxygen atoms in total. The number of carbonyl (C=O) groups excluding carboxylic acids is 1. The van der Waals surface area contributed by atoms with Crippen LogP contribution in [0.3, 0.4) is 0 Å². The normalized spacial score (nSPS) is 11.5. The van der Waals surface area contributed by atoms with Gasteiger partial charge in [0.2, 0.25) is 5.91 Å². The zero-order chi connectivity index (χ0) is 22.9. The van der Waals surface area contributed by atoms with E-state index in [-0.39, 0.29) is 5.91 Å². The Morgan fingerprint density at radius 3 is 1.28 bits per heavy atom. The summed E-state index contributed by atoms with van der Waals surface area (Å²) >= 11 is 0. The van der Waals surface area contributed by atoms with E-state index in [2.05, 4.69) is 6.92 Å². The minimum absolute atomic E-state index is 0.246. The molecule has 32 heavy (non-hydrogen) atoms. The Balaban J connectivity index is 1.72. The number of nitrogens with two attached hydrogens (primary N) is 1. The Morgan fingerprint density at radius 1 is 0.594 bits per heavy atom. The molecule has 0 heterocycles. The van der Waals surface area contributed by atoms with Crippen molar-refractivity contribution in [3.8, 4) is 0 Å². The maximum Gasteiger partial charge on any atom is 0.232 e. The molecule has 0 aromatic heterocycles. The Morgan fingerprint density at radius 2 is 0.938 bits per heavy atom. The fraction of sp³-hybridized carbons (Fsp3) is 0.567. The molecule has 0 saturated carbocycles. The fourth-order valence-electron chi connectivity index (χ4n) is 4.89. The van der Waals surface area contributed by atoms with E-state index in [1.54, 1.807) is 0 Å². The molecule has 0 bridgehead atoms. The standard InChI is InChI=1S/C30H45NO/c1-2-3-4-5-6-7-8-9-10-11-12-13-14-21-26-30(29(31)32,27-22-17-15-18-23-27)28-24-19-16-20-25-28/h15-20,22-25H,2-14,21,26H2,1H3,(H2,31,32). The molecule has 0 aliphatic carbocycles. The van der Waals surface area contributed by atoms with Crippen LogP contribution in [-0.4, -0.2) is 5.91 Å². The zero-order valence-corrected chi connectivity index (χ0v) is 20.4. The second-order valence-electron chi connectivity index (χ2n) is 9.35. The molecule has 0 aliphatic rings. The Hall–Kier alpha value is -2.09. The summed E-state index contributed by atoms with van der Waals surface area (Å²) in [6.07, 6.45) is 19.4. The maximum atomic E-state index is 12.8. The van der Waals surface area contributed by atoms with Gasteiger partial charge in [-0.1, -0.05) is 157 Å². The molecule has 0 spiro atoms. The molecule has 0 aliphatic heterocycles. The van der Waals surface area contributed by atoms with Gasteiger partial charge in [0.05, 0.1) is 5.41 Å². The van der Waals surface area contributed by atoms with Crippen molar-refractivity contribution in [3.63, 3.8) is 0 Å². The average molecular weight is 436 g/mol. The SMILES string of the molecule is CCCCCCCCCCCCCCCCC(C(N)=O)(c1ccccc1)c1ccccc1. The van der Waals surface area contributed by atoms with E-state index in [0.717, 1.165) is 30.4 Å². The van der Waals surface area contributed by atoms with E-state index in [0.29, 0.717) is 0 Å². The number of carbonyl (C=O) groups is 1. The second-order valence-corrected chi connectivity index (χ2v) is 9.35. The van der Waals surface area contributed by atoms with Crippen molar-refractivity contribution in [1.82, 2.24) is 0 Å². The number of hydrogen-bond acceptors (Lipinski definition) is 1. The summed E-state index contributed by atoms with van der Waals surface area (Å²) in [5, 5.41) is 0. The molecule has 0 atom stereocenters. The summed E-state index contributed by atoms with van der Waals surface area (Å²) in [6.45, 7) is 2.28. The molecular weight excluding hydrogens is 390 g/mol. The molecule has 2 aromatic carbocycles.